The number of benzene rings is 2. The van der Waals surface area contributed by atoms with Crippen LogP contribution in [0, 0.1) is 13.8 Å². The van der Waals surface area contributed by atoms with E-state index in [0.717, 1.165) is 28.9 Å². The van der Waals surface area contributed by atoms with E-state index in [1.165, 1.54) is 17.3 Å². The lowest BCUT2D eigenvalue weighted by molar-refractivity contribution is -0.115. The van der Waals surface area contributed by atoms with E-state index < -0.39 is 0 Å². The second-order valence-electron chi connectivity index (χ2n) is 7.31. The van der Waals surface area contributed by atoms with E-state index in [-0.39, 0.29) is 11.2 Å². The van der Waals surface area contributed by atoms with Gasteiger partial charge in [-0.3, -0.25) is 4.79 Å². The first-order valence-electron chi connectivity index (χ1n) is 9.83. The molecule has 0 spiro atoms. The van der Waals surface area contributed by atoms with Crippen LogP contribution in [0.4, 0.5) is 5.69 Å². The summed E-state index contributed by atoms with van der Waals surface area (Å²) < 4.78 is 1.69. The average molecular weight is 410 g/mol. The van der Waals surface area contributed by atoms with Crippen molar-refractivity contribution in [3.8, 4) is 5.69 Å². The Morgan fingerprint density at radius 2 is 1.93 bits per heavy atom. The molecule has 2 atom stereocenters. The molecule has 7 heteroatoms. The van der Waals surface area contributed by atoms with Gasteiger partial charge in [0.15, 0.2) is 0 Å². The number of aryl methyl sites for hydroxylation is 2. The lowest BCUT2D eigenvalue weighted by Gasteiger charge is -2.17. The fourth-order valence-electron chi connectivity index (χ4n) is 3.15. The molecule has 152 valence electrons. The molecule has 1 amide bonds. The summed E-state index contributed by atoms with van der Waals surface area (Å²) in [6.07, 6.45) is 1.02. The number of amides is 1. The fourth-order valence-corrected chi connectivity index (χ4v) is 3.95. The van der Waals surface area contributed by atoms with Crippen LogP contribution >= 0.6 is 11.8 Å². The molecule has 3 rings (SSSR count). The molecule has 0 aliphatic rings. The third kappa shape index (κ3) is 4.85. The van der Waals surface area contributed by atoms with Gasteiger partial charge in [-0.25, -0.2) is 0 Å². The van der Waals surface area contributed by atoms with Gasteiger partial charge in [0, 0.05) is 5.69 Å². The first kappa shape index (κ1) is 21.0. The van der Waals surface area contributed by atoms with Crippen molar-refractivity contribution in [2.45, 2.75) is 57.4 Å². The number of nitrogens with zero attached hydrogens (tertiary/aromatic N) is 4. The molecule has 0 fully saturated rings. The molecule has 0 radical (unpaired) electrons. The molecule has 0 saturated carbocycles. The number of nitrogens with one attached hydrogen (secondary N) is 1. The standard InChI is InChI=1S/C22H27N5OS/c1-6-15(3)18-9-7-8-10-19(18)23-21(28)17(5)29-22-24-25-26-27(22)20-12-11-14(2)13-16(20)4/h7-13,15,17H,6H2,1-5H3,(H,23,28)/t15-,17+/m1/s1. The van der Waals surface area contributed by atoms with Crippen molar-refractivity contribution in [3.05, 3.63) is 59.2 Å². The van der Waals surface area contributed by atoms with Gasteiger partial charge in [-0.15, -0.1) is 5.10 Å². The topological polar surface area (TPSA) is 72.7 Å². The van der Waals surface area contributed by atoms with Crippen LogP contribution in [0.5, 0.6) is 0 Å². The van der Waals surface area contributed by atoms with Gasteiger partial charge in [0.2, 0.25) is 11.1 Å². The number of rotatable bonds is 7. The quantitative estimate of drug-likeness (QED) is 0.561. The molecule has 0 saturated heterocycles. The number of aromatic nitrogens is 4. The van der Waals surface area contributed by atoms with Crippen LogP contribution in [-0.4, -0.2) is 31.4 Å². The van der Waals surface area contributed by atoms with Gasteiger partial charge in [0.05, 0.1) is 10.9 Å². The van der Waals surface area contributed by atoms with Crippen molar-refractivity contribution in [3.63, 3.8) is 0 Å². The summed E-state index contributed by atoms with van der Waals surface area (Å²) in [5.41, 5.74) is 5.20. The molecule has 1 N–H and O–H groups in total. The maximum atomic E-state index is 12.9. The summed E-state index contributed by atoms with van der Waals surface area (Å²) in [5.74, 6) is 0.312. The molecular formula is C22H27N5OS. The van der Waals surface area contributed by atoms with Crippen LogP contribution in [-0.2, 0) is 4.79 Å². The van der Waals surface area contributed by atoms with E-state index >= 15 is 0 Å². The Bertz CT molecular complexity index is 1000. The molecule has 6 nitrogen and oxygen atoms in total. The number of anilines is 1. The molecule has 2 aromatic carbocycles. The molecule has 0 aliphatic heterocycles. The lowest BCUT2D eigenvalue weighted by atomic mass is 9.97. The highest BCUT2D eigenvalue weighted by Crippen LogP contribution is 2.29. The molecule has 29 heavy (non-hydrogen) atoms. The maximum Gasteiger partial charge on any atom is 0.237 e. The number of thioether (sulfide) groups is 1. The number of carbonyl (C=O) groups excluding carboxylic acids is 1. The largest absolute Gasteiger partial charge is 0.325 e. The predicted octanol–water partition coefficient (Wildman–Crippen LogP) is 4.91. The van der Waals surface area contributed by atoms with E-state index in [1.807, 2.05) is 44.2 Å². The van der Waals surface area contributed by atoms with Crippen molar-refractivity contribution in [1.82, 2.24) is 20.2 Å². The van der Waals surface area contributed by atoms with Crippen molar-refractivity contribution >= 4 is 23.4 Å². The van der Waals surface area contributed by atoms with Gasteiger partial charge >= 0.3 is 0 Å². The maximum absolute atomic E-state index is 12.9. The highest BCUT2D eigenvalue weighted by molar-refractivity contribution is 8.00. The van der Waals surface area contributed by atoms with Gasteiger partial charge in [-0.2, -0.15) is 4.68 Å². The minimum atomic E-state index is -0.351. The Kier molecular flexibility index (Phi) is 6.69. The normalized spacial score (nSPS) is 13.1. The van der Waals surface area contributed by atoms with Crippen molar-refractivity contribution < 1.29 is 4.79 Å². The Labute approximate surface area is 176 Å². The molecule has 0 unspecified atom stereocenters. The van der Waals surface area contributed by atoms with Crippen molar-refractivity contribution in [2.75, 3.05) is 5.32 Å². The number of hydrogen-bond donors (Lipinski definition) is 1. The van der Waals surface area contributed by atoms with Gasteiger partial charge < -0.3 is 5.32 Å². The lowest BCUT2D eigenvalue weighted by Crippen LogP contribution is -2.23. The minimum Gasteiger partial charge on any atom is -0.325 e. The number of hydrogen-bond acceptors (Lipinski definition) is 5. The van der Waals surface area contributed by atoms with Gasteiger partial charge in [0.25, 0.3) is 0 Å². The third-order valence-electron chi connectivity index (χ3n) is 5.03. The van der Waals surface area contributed by atoms with E-state index in [9.17, 15) is 4.79 Å². The molecule has 1 aromatic heterocycles. The van der Waals surface area contributed by atoms with E-state index in [0.29, 0.717) is 11.1 Å². The number of para-hydroxylation sites is 1. The van der Waals surface area contributed by atoms with Crippen LogP contribution in [0.3, 0.4) is 0 Å². The van der Waals surface area contributed by atoms with Crippen LogP contribution in [0.1, 0.15) is 49.8 Å². The average Bonchev–Trinajstić information content (AvgIpc) is 3.15. The third-order valence-corrected chi connectivity index (χ3v) is 6.07. The molecule has 1 heterocycles. The summed E-state index contributed by atoms with van der Waals surface area (Å²) in [6, 6.07) is 14.1. The molecular weight excluding hydrogens is 382 g/mol. The Balaban J connectivity index is 1.76. The summed E-state index contributed by atoms with van der Waals surface area (Å²) in [5, 5.41) is 15.4. The van der Waals surface area contributed by atoms with E-state index in [1.54, 1.807) is 4.68 Å². The predicted molar refractivity (Wildman–Crippen MR) is 118 cm³/mol. The zero-order valence-electron chi connectivity index (χ0n) is 17.5. The Morgan fingerprint density at radius 1 is 1.17 bits per heavy atom. The highest BCUT2D eigenvalue weighted by Gasteiger charge is 2.21. The van der Waals surface area contributed by atoms with E-state index in [2.05, 4.69) is 53.7 Å². The molecule has 0 aliphatic carbocycles. The number of carbonyl (C=O) groups is 1. The summed E-state index contributed by atoms with van der Waals surface area (Å²) >= 11 is 1.35. The van der Waals surface area contributed by atoms with Crippen LogP contribution in [0.25, 0.3) is 5.69 Å². The number of tetrazole rings is 1. The summed E-state index contributed by atoms with van der Waals surface area (Å²) in [7, 11) is 0. The van der Waals surface area contributed by atoms with Gasteiger partial charge in [-0.05, 0) is 66.8 Å². The van der Waals surface area contributed by atoms with Crippen LogP contribution < -0.4 is 5.32 Å². The second-order valence-corrected chi connectivity index (χ2v) is 8.62. The SMILES string of the molecule is CC[C@@H](C)c1ccccc1NC(=O)[C@H](C)Sc1nnnn1-c1ccc(C)cc1C. The smallest absolute Gasteiger partial charge is 0.237 e. The fraction of sp³-hybridized carbons (Fsp3) is 0.364. The second kappa shape index (κ2) is 9.22. The zero-order chi connectivity index (χ0) is 21.0. The first-order valence-corrected chi connectivity index (χ1v) is 10.7. The zero-order valence-corrected chi connectivity index (χ0v) is 18.3. The van der Waals surface area contributed by atoms with Crippen LogP contribution in [0.15, 0.2) is 47.6 Å². The van der Waals surface area contributed by atoms with Gasteiger partial charge in [0.1, 0.15) is 0 Å². The van der Waals surface area contributed by atoms with Crippen molar-refractivity contribution in [1.29, 1.82) is 0 Å². The van der Waals surface area contributed by atoms with Crippen molar-refractivity contribution in [2.24, 2.45) is 0 Å². The summed E-state index contributed by atoms with van der Waals surface area (Å²) in [6.45, 7) is 10.3. The van der Waals surface area contributed by atoms with Crippen LogP contribution in [0.2, 0.25) is 0 Å². The summed E-state index contributed by atoms with van der Waals surface area (Å²) in [4.78, 5) is 12.9. The highest BCUT2D eigenvalue weighted by atomic mass is 32.2. The monoisotopic (exact) mass is 409 g/mol. The van der Waals surface area contributed by atoms with Gasteiger partial charge in [-0.1, -0.05) is 61.5 Å². The van der Waals surface area contributed by atoms with E-state index in [4.69, 9.17) is 0 Å². The first-order chi connectivity index (χ1) is 13.9. The Hall–Kier alpha value is -2.67. The molecule has 0 bridgehead atoms. The Morgan fingerprint density at radius 3 is 2.66 bits per heavy atom. The molecule has 3 aromatic rings. The minimum absolute atomic E-state index is 0.0686.